The Labute approximate surface area is 109 Å². The molecule has 6 heteroatoms. The van der Waals surface area contributed by atoms with Gasteiger partial charge in [0.25, 0.3) is 0 Å². The third-order valence-electron chi connectivity index (χ3n) is 2.52. The molecule has 19 heavy (non-hydrogen) atoms. The lowest BCUT2D eigenvalue weighted by Gasteiger charge is -2.09. The number of nitrogens with one attached hydrogen (secondary N) is 1. The number of aryl methyl sites for hydroxylation is 2. The first-order valence-electron chi connectivity index (χ1n) is 5.58. The Bertz CT molecular complexity index is 644. The van der Waals surface area contributed by atoms with Crippen LogP contribution in [0.4, 0.5) is 15.9 Å². The van der Waals surface area contributed by atoms with E-state index in [4.69, 9.17) is 5.11 Å². The van der Waals surface area contributed by atoms with Crippen LogP contribution in [0, 0.1) is 19.7 Å². The van der Waals surface area contributed by atoms with E-state index >= 15 is 0 Å². The van der Waals surface area contributed by atoms with Gasteiger partial charge in [0.2, 0.25) is 0 Å². The Morgan fingerprint density at radius 1 is 1.21 bits per heavy atom. The second-order valence-electron chi connectivity index (χ2n) is 4.04. The van der Waals surface area contributed by atoms with Gasteiger partial charge in [0, 0.05) is 5.69 Å². The Balaban J connectivity index is 2.37. The van der Waals surface area contributed by atoms with Crippen molar-refractivity contribution in [2.24, 2.45) is 0 Å². The minimum atomic E-state index is -1.13. The maximum atomic E-state index is 13.1. The smallest absolute Gasteiger partial charge is 0.356 e. The second-order valence-corrected chi connectivity index (χ2v) is 4.04. The van der Waals surface area contributed by atoms with Crippen molar-refractivity contribution in [1.29, 1.82) is 0 Å². The Hall–Kier alpha value is -2.50. The molecule has 0 aliphatic rings. The molecule has 0 bridgehead atoms. The van der Waals surface area contributed by atoms with Crippen LogP contribution in [0.2, 0.25) is 0 Å². The van der Waals surface area contributed by atoms with E-state index in [0.29, 0.717) is 17.2 Å². The molecular weight excluding hydrogens is 249 g/mol. The number of carboxylic acids is 1. The summed E-state index contributed by atoms with van der Waals surface area (Å²) < 4.78 is 13.1. The minimum absolute atomic E-state index is 0.0937. The fourth-order valence-electron chi connectivity index (χ4n) is 1.57. The maximum absolute atomic E-state index is 13.1. The molecule has 5 nitrogen and oxygen atoms in total. The number of nitrogens with zero attached hydrogens (tertiary/aromatic N) is 2. The molecule has 0 aliphatic heterocycles. The second kappa shape index (κ2) is 5.01. The largest absolute Gasteiger partial charge is 0.476 e. The van der Waals surface area contributed by atoms with Gasteiger partial charge in [-0.2, -0.15) is 0 Å². The Morgan fingerprint density at radius 3 is 2.58 bits per heavy atom. The highest BCUT2D eigenvalue weighted by molar-refractivity contribution is 5.92. The zero-order valence-corrected chi connectivity index (χ0v) is 10.4. The van der Waals surface area contributed by atoms with E-state index in [1.807, 2.05) is 0 Å². The molecule has 2 aromatic heterocycles. The Morgan fingerprint density at radius 2 is 1.95 bits per heavy atom. The van der Waals surface area contributed by atoms with Gasteiger partial charge >= 0.3 is 5.97 Å². The molecule has 2 rings (SSSR count). The molecule has 2 aromatic rings. The molecule has 0 fully saturated rings. The first-order chi connectivity index (χ1) is 8.97. The first-order valence-corrected chi connectivity index (χ1v) is 5.58. The summed E-state index contributed by atoms with van der Waals surface area (Å²) in [6.07, 6.45) is 0. The summed E-state index contributed by atoms with van der Waals surface area (Å²) in [7, 11) is 0. The number of rotatable bonds is 3. The zero-order valence-electron chi connectivity index (χ0n) is 10.4. The molecule has 2 heterocycles. The third kappa shape index (κ3) is 2.85. The average molecular weight is 261 g/mol. The van der Waals surface area contributed by atoms with E-state index in [2.05, 4.69) is 15.3 Å². The van der Waals surface area contributed by atoms with Crippen LogP contribution in [-0.4, -0.2) is 21.0 Å². The molecule has 0 radical (unpaired) electrons. The van der Waals surface area contributed by atoms with Crippen molar-refractivity contribution in [2.45, 2.75) is 13.8 Å². The van der Waals surface area contributed by atoms with E-state index in [1.165, 1.54) is 19.1 Å². The summed E-state index contributed by atoms with van der Waals surface area (Å²) >= 11 is 0. The molecule has 0 amide bonds. The highest BCUT2D eigenvalue weighted by atomic mass is 19.1. The number of hydrogen-bond donors (Lipinski definition) is 2. The average Bonchev–Trinajstić information content (AvgIpc) is 2.36. The predicted octanol–water partition coefficient (Wildman–Crippen LogP) is 2.67. The lowest BCUT2D eigenvalue weighted by atomic mass is 10.2. The molecule has 0 aliphatic carbocycles. The van der Waals surface area contributed by atoms with Crippen LogP contribution < -0.4 is 5.32 Å². The van der Waals surface area contributed by atoms with Crippen LogP contribution in [-0.2, 0) is 0 Å². The number of carbonyl (C=O) groups is 1. The molecule has 0 atom stereocenters. The molecule has 0 unspecified atom stereocenters. The van der Waals surface area contributed by atoms with Gasteiger partial charge in [-0.25, -0.2) is 19.2 Å². The molecule has 0 aromatic carbocycles. The highest BCUT2D eigenvalue weighted by Crippen LogP contribution is 2.19. The molecule has 98 valence electrons. The summed E-state index contributed by atoms with van der Waals surface area (Å²) in [5.74, 6) is -1.18. The number of aromatic nitrogens is 2. The van der Waals surface area contributed by atoms with Crippen LogP contribution in [0.15, 0.2) is 24.3 Å². The number of aromatic carboxylic acids is 1. The minimum Gasteiger partial charge on any atom is -0.476 e. The van der Waals surface area contributed by atoms with Gasteiger partial charge in [-0.1, -0.05) is 0 Å². The number of carboxylic acid groups (broad SMARTS) is 1. The molecule has 0 saturated heterocycles. The van der Waals surface area contributed by atoms with Crippen molar-refractivity contribution in [3.05, 3.63) is 47.2 Å². The number of halogens is 1. The van der Waals surface area contributed by atoms with Crippen LogP contribution in [0.5, 0.6) is 0 Å². The van der Waals surface area contributed by atoms with Crippen molar-refractivity contribution in [3.63, 3.8) is 0 Å². The van der Waals surface area contributed by atoms with E-state index in [-0.39, 0.29) is 11.4 Å². The maximum Gasteiger partial charge on any atom is 0.356 e. The summed E-state index contributed by atoms with van der Waals surface area (Å²) in [5, 5.41) is 11.9. The summed E-state index contributed by atoms with van der Waals surface area (Å²) in [5.41, 5.74) is 1.06. The number of anilines is 2. The van der Waals surface area contributed by atoms with Gasteiger partial charge in [0.15, 0.2) is 5.69 Å². The number of pyridine rings is 2. The monoisotopic (exact) mass is 261 g/mol. The standard InChI is InChI=1S/C13H12FN3O2/c1-7-3-5-10(12(15-7)13(18)19)17-11-6-4-9(14)8(2)16-11/h3-6H,1-2H3,(H,16,17)(H,18,19). The van der Waals surface area contributed by atoms with E-state index in [1.54, 1.807) is 19.1 Å². The van der Waals surface area contributed by atoms with Crippen LogP contribution in [0.1, 0.15) is 21.9 Å². The van der Waals surface area contributed by atoms with Crippen molar-refractivity contribution in [1.82, 2.24) is 9.97 Å². The van der Waals surface area contributed by atoms with E-state index < -0.39 is 11.8 Å². The van der Waals surface area contributed by atoms with Gasteiger partial charge < -0.3 is 10.4 Å². The lowest BCUT2D eigenvalue weighted by Crippen LogP contribution is -2.07. The summed E-state index contributed by atoms with van der Waals surface area (Å²) in [6, 6.07) is 6.00. The van der Waals surface area contributed by atoms with Gasteiger partial charge in [-0.3, -0.25) is 0 Å². The van der Waals surface area contributed by atoms with Gasteiger partial charge in [0.1, 0.15) is 11.6 Å². The van der Waals surface area contributed by atoms with Crippen molar-refractivity contribution < 1.29 is 14.3 Å². The highest BCUT2D eigenvalue weighted by Gasteiger charge is 2.13. The van der Waals surface area contributed by atoms with Crippen molar-refractivity contribution in [3.8, 4) is 0 Å². The van der Waals surface area contributed by atoms with Crippen molar-refractivity contribution >= 4 is 17.5 Å². The van der Waals surface area contributed by atoms with E-state index in [9.17, 15) is 9.18 Å². The van der Waals surface area contributed by atoms with Gasteiger partial charge in [0.05, 0.1) is 11.4 Å². The first kappa shape index (κ1) is 12.9. The molecule has 0 spiro atoms. The fraction of sp³-hybridized carbons (Fsp3) is 0.154. The van der Waals surface area contributed by atoms with Crippen molar-refractivity contribution in [2.75, 3.05) is 5.32 Å². The third-order valence-corrected chi connectivity index (χ3v) is 2.52. The Kier molecular flexibility index (Phi) is 3.41. The summed E-state index contributed by atoms with van der Waals surface area (Å²) in [6.45, 7) is 3.24. The van der Waals surface area contributed by atoms with E-state index in [0.717, 1.165) is 0 Å². The molecular formula is C13H12FN3O2. The van der Waals surface area contributed by atoms with Gasteiger partial charge in [-0.05, 0) is 38.1 Å². The molecule has 0 saturated carbocycles. The zero-order chi connectivity index (χ0) is 14.0. The topological polar surface area (TPSA) is 75.1 Å². The summed E-state index contributed by atoms with van der Waals surface area (Å²) in [4.78, 5) is 19.0. The van der Waals surface area contributed by atoms with Crippen LogP contribution in [0.25, 0.3) is 0 Å². The SMILES string of the molecule is Cc1ccc(Nc2ccc(F)c(C)n2)c(C(=O)O)n1. The fourth-order valence-corrected chi connectivity index (χ4v) is 1.57. The van der Waals surface area contributed by atoms with Gasteiger partial charge in [-0.15, -0.1) is 0 Å². The predicted molar refractivity (Wildman–Crippen MR) is 68.1 cm³/mol. The number of hydrogen-bond acceptors (Lipinski definition) is 4. The van der Waals surface area contributed by atoms with Crippen LogP contribution >= 0.6 is 0 Å². The van der Waals surface area contributed by atoms with Crippen LogP contribution in [0.3, 0.4) is 0 Å². The normalized spacial score (nSPS) is 10.3. The quantitative estimate of drug-likeness (QED) is 0.888. The lowest BCUT2D eigenvalue weighted by molar-refractivity contribution is 0.0691. The molecule has 2 N–H and O–H groups in total.